The summed E-state index contributed by atoms with van der Waals surface area (Å²) in [4.78, 5) is 4.27. The van der Waals surface area contributed by atoms with Gasteiger partial charge in [0.25, 0.3) is 0 Å². The van der Waals surface area contributed by atoms with E-state index in [1.54, 1.807) is 12.1 Å². The van der Waals surface area contributed by atoms with Gasteiger partial charge in [-0.25, -0.2) is 4.39 Å². The van der Waals surface area contributed by atoms with Gasteiger partial charge in [-0.05, 0) is 37.6 Å². The van der Waals surface area contributed by atoms with Crippen molar-refractivity contribution in [2.45, 2.75) is 13.8 Å². The first kappa shape index (κ1) is 15.6. The van der Waals surface area contributed by atoms with E-state index >= 15 is 0 Å². The number of aromatic nitrogens is 1. The van der Waals surface area contributed by atoms with Crippen molar-refractivity contribution in [2.75, 3.05) is 0 Å². The van der Waals surface area contributed by atoms with Crippen LogP contribution in [0.25, 0.3) is 11.1 Å². The minimum absolute atomic E-state index is 0. The highest BCUT2D eigenvalue weighted by molar-refractivity contribution is 5.85. The van der Waals surface area contributed by atoms with Gasteiger partial charge in [-0.2, -0.15) is 0 Å². The Bertz CT molecular complexity index is 482. The average molecular weight is 256 g/mol. The summed E-state index contributed by atoms with van der Waals surface area (Å²) in [5, 5.41) is 0. The summed E-state index contributed by atoms with van der Waals surface area (Å²) in [5.41, 5.74) is 3.34. The van der Waals surface area contributed by atoms with Crippen molar-refractivity contribution in [1.82, 2.24) is 4.98 Å². The molecular weight excluding hydrogens is 241 g/mol. The fourth-order valence-electron chi connectivity index (χ4n) is 1.69. The first-order chi connectivity index (χ1) is 7.16. The minimum Gasteiger partial charge on any atom is -0.412 e. The molecule has 0 aliphatic rings. The zero-order valence-electron chi connectivity index (χ0n) is 9.70. The monoisotopic (exact) mass is 255 g/mol. The van der Waals surface area contributed by atoms with E-state index in [2.05, 4.69) is 4.98 Å². The predicted octanol–water partition coefficient (Wildman–Crippen LogP) is 3.10. The molecule has 2 N–H and O–H groups in total. The lowest BCUT2D eigenvalue weighted by Crippen LogP contribution is -1.90. The van der Waals surface area contributed by atoms with Crippen molar-refractivity contribution in [1.29, 1.82) is 0 Å². The van der Waals surface area contributed by atoms with Crippen molar-refractivity contribution in [3.05, 3.63) is 53.6 Å². The molecule has 1 aromatic heterocycles. The number of rotatable bonds is 1. The third-order valence-electron chi connectivity index (χ3n) is 2.27. The van der Waals surface area contributed by atoms with Gasteiger partial charge in [0.05, 0.1) is 0 Å². The third-order valence-corrected chi connectivity index (χ3v) is 2.27. The van der Waals surface area contributed by atoms with Crippen LogP contribution in [0, 0.1) is 19.7 Å². The van der Waals surface area contributed by atoms with Crippen LogP contribution in [0.1, 0.15) is 11.4 Å². The van der Waals surface area contributed by atoms with E-state index < -0.39 is 0 Å². The molecule has 92 valence electrons. The zero-order chi connectivity index (χ0) is 10.8. The van der Waals surface area contributed by atoms with Crippen LogP contribution in [0.15, 0.2) is 36.4 Å². The maximum atomic E-state index is 13.5. The van der Waals surface area contributed by atoms with E-state index in [1.165, 1.54) is 6.07 Å². The summed E-state index contributed by atoms with van der Waals surface area (Å²) in [6.45, 7) is 3.83. The quantitative estimate of drug-likeness (QED) is 0.772. The van der Waals surface area contributed by atoms with Crippen molar-refractivity contribution < 1.29 is 9.87 Å². The van der Waals surface area contributed by atoms with Gasteiger partial charge < -0.3 is 5.48 Å². The second-order valence-corrected chi connectivity index (χ2v) is 3.62. The molecule has 0 unspecified atom stereocenters. The van der Waals surface area contributed by atoms with Crippen molar-refractivity contribution in [3.63, 3.8) is 0 Å². The number of pyridine rings is 1. The van der Waals surface area contributed by atoms with Crippen LogP contribution >= 0.6 is 12.4 Å². The number of benzene rings is 1. The first-order valence-corrected chi connectivity index (χ1v) is 4.87. The number of aryl methyl sites for hydroxylation is 2. The highest BCUT2D eigenvalue weighted by atomic mass is 35.5. The van der Waals surface area contributed by atoms with Gasteiger partial charge >= 0.3 is 0 Å². The van der Waals surface area contributed by atoms with Gasteiger partial charge in [0.15, 0.2) is 0 Å². The van der Waals surface area contributed by atoms with E-state index in [4.69, 9.17) is 0 Å². The molecule has 0 aliphatic carbocycles. The van der Waals surface area contributed by atoms with E-state index in [0.717, 1.165) is 17.0 Å². The Labute approximate surface area is 106 Å². The van der Waals surface area contributed by atoms with Gasteiger partial charge in [0.1, 0.15) is 5.82 Å². The summed E-state index contributed by atoms with van der Waals surface area (Å²) in [6.07, 6.45) is 0. The smallest absolute Gasteiger partial charge is 0.131 e. The van der Waals surface area contributed by atoms with E-state index in [-0.39, 0.29) is 23.7 Å². The summed E-state index contributed by atoms with van der Waals surface area (Å²) in [5.74, 6) is -0.192. The van der Waals surface area contributed by atoms with Crippen LogP contribution in [0.5, 0.6) is 0 Å². The van der Waals surface area contributed by atoms with Crippen LogP contribution in [0.4, 0.5) is 4.39 Å². The van der Waals surface area contributed by atoms with Gasteiger partial charge in [0, 0.05) is 17.0 Å². The molecule has 1 heterocycles. The molecule has 0 bridgehead atoms. The Hall–Kier alpha value is -1.45. The number of hydrogen-bond acceptors (Lipinski definition) is 1. The standard InChI is InChI=1S/C13H12FN.ClH.H2O/c1-9-7-11(8-10(2)15-9)12-5-3-4-6-13(12)14;;/h3-8H,1-2H3;1H;1H2. The van der Waals surface area contributed by atoms with E-state index in [9.17, 15) is 4.39 Å². The van der Waals surface area contributed by atoms with Crippen LogP contribution < -0.4 is 0 Å². The molecule has 0 aliphatic heterocycles. The highest BCUT2D eigenvalue weighted by Crippen LogP contribution is 2.23. The van der Waals surface area contributed by atoms with Gasteiger partial charge in [-0.1, -0.05) is 18.2 Å². The fourth-order valence-corrected chi connectivity index (χ4v) is 1.69. The molecule has 2 rings (SSSR count). The van der Waals surface area contributed by atoms with Crippen LogP contribution in [0.3, 0.4) is 0 Å². The van der Waals surface area contributed by atoms with Crippen molar-refractivity contribution in [2.24, 2.45) is 0 Å². The second kappa shape index (κ2) is 6.33. The molecule has 0 saturated heterocycles. The normalized spacial score (nSPS) is 9.12. The summed E-state index contributed by atoms with van der Waals surface area (Å²) >= 11 is 0. The molecule has 0 amide bonds. The van der Waals surface area contributed by atoms with E-state index in [0.29, 0.717) is 5.56 Å². The number of nitrogens with zero attached hydrogens (tertiary/aromatic N) is 1. The van der Waals surface area contributed by atoms with Crippen LogP contribution in [0.2, 0.25) is 0 Å². The Balaban J connectivity index is 0.00000128. The Morgan fingerprint density at radius 2 is 1.53 bits per heavy atom. The summed E-state index contributed by atoms with van der Waals surface area (Å²) in [7, 11) is 0. The molecule has 0 saturated carbocycles. The van der Waals surface area contributed by atoms with Gasteiger partial charge in [-0.3, -0.25) is 4.98 Å². The Morgan fingerprint density at radius 3 is 2.06 bits per heavy atom. The SMILES string of the molecule is Cc1cc(-c2ccccc2F)cc(C)n1.Cl.O. The largest absolute Gasteiger partial charge is 0.412 e. The lowest BCUT2D eigenvalue weighted by Gasteiger charge is -2.05. The van der Waals surface area contributed by atoms with Crippen molar-refractivity contribution >= 4 is 12.4 Å². The predicted molar refractivity (Wildman–Crippen MR) is 70.0 cm³/mol. The first-order valence-electron chi connectivity index (χ1n) is 4.87. The summed E-state index contributed by atoms with van der Waals surface area (Å²) in [6, 6.07) is 10.6. The maximum absolute atomic E-state index is 13.5. The fraction of sp³-hybridized carbons (Fsp3) is 0.154. The molecule has 0 atom stereocenters. The molecule has 2 aromatic rings. The van der Waals surface area contributed by atoms with Gasteiger partial charge in [0.2, 0.25) is 0 Å². The lowest BCUT2D eigenvalue weighted by molar-refractivity contribution is 0.631. The van der Waals surface area contributed by atoms with Crippen molar-refractivity contribution in [3.8, 4) is 11.1 Å². The Morgan fingerprint density at radius 1 is 1.00 bits per heavy atom. The molecule has 17 heavy (non-hydrogen) atoms. The minimum atomic E-state index is -0.192. The molecule has 1 aromatic carbocycles. The van der Waals surface area contributed by atoms with E-state index in [1.807, 2.05) is 32.0 Å². The molecular formula is C13H15ClFNO. The summed E-state index contributed by atoms with van der Waals surface area (Å²) < 4.78 is 13.5. The second-order valence-electron chi connectivity index (χ2n) is 3.62. The zero-order valence-corrected chi connectivity index (χ0v) is 10.5. The van der Waals surface area contributed by atoms with Crippen LogP contribution in [-0.4, -0.2) is 10.5 Å². The third kappa shape index (κ3) is 3.51. The highest BCUT2D eigenvalue weighted by Gasteiger charge is 2.04. The molecule has 0 spiro atoms. The maximum Gasteiger partial charge on any atom is 0.131 e. The molecule has 2 nitrogen and oxygen atoms in total. The average Bonchev–Trinajstić information content (AvgIpc) is 2.16. The molecule has 4 heteroatoms. The van der Waals surface area contributed by atoms with Crippen LogP contribution in [-0.2, 0) is 0 Å². The molecule has 0 radical (unpaired) electrons. The molecule has 0 fully saturated rings. The number of hydrogen-bond donors (Lipinski definition) is 0. The number of halogens is 2. The Kier molecular flexibility index (Phi) is 5.79. The van der Waals surface area contributed by atoms with Gasteiger partial charge in [-0.15, -0.1) is 12.4 Å². The lowest BCUT2D eigenvalue weighted by atomic mass is 10.0. The topological polar surface area (TPSA) is 44.4 Å².